The fourth-order valence-electron chi connectivity index (χ4n) is 3.71. The van der Waals surface area contributed by atoms with Crippen LogP contribution >= 0.6 is 0 Å². The lowest BCUT2D eigenvalue weighted by Gasteiger charge is -2.21. The summed E-state index contributed by atoms with van der Waals surface area (Å²) in [7, 11) is 1.56. The summed E-state index contributed by atoms with van der Waals surface area (Å²) in [5.41, 5.74) is 1.28. The van der Waals surface area contributed by atoms with Gasteiger partial charge >= 0.3 is 12.7 Å². The van der Waals surface area contributed by atoms with Crippen LogP contribution in [0.1, 0.15) is 55.7 Å². The maximum absolute atomic E-state index is 13.1. The molecule has 0 unspecified atom stereocenters. The summed E-state index contributed by atoms with van der Waals surface area (Å²) < 4.78 is 40.9. The number of para-hydroxylation sites is 2. The van der Waals surface area contributed by atoms with Crippen molar-refractivity contribution in [3.63, 3.8) is 0 Å². The van der Waals surface area contributed by atoms with Gasteiger partial charge in [0.05, 0.1) is 30.1 Å². The molecule has 0 bridgehead atoms. The maximum Gasteiger partial charge on any atom is 0.407 e. The van der Waals surface area contributed by atoms with E-state index in [0.29, 0.717) is 36.5 Å². The van der Waals surface area contributed by atoms with Crippen molar-refractivity contribution >= 4 is 12.0 Å². The van der Waals surface area contributed by atoms with Crippen LogP contribution in [0.15, 0.2) is 54.6 Å². The Morgan fingerprint density at radius 2 is 1.74 bits per heavy atom. The van der Waals surface area contributed by atoms with E-state index in [1.807, 2.05) is 24.3 Å². The van der Waals surface area contributed by atoms with Gasteiger partial charge < -0.3 is 24.8 Å². The van der Waals surface area contributed by atoms with Crippen LogP contribution in [-0.2, 0) is 4.74 Å². The highest BCUT2D eigenvalue weighted by Crippen LogP contribution is 2.30. The second-order valence-corrected chi connectivity index (χ2v) is 9.38. The number of hydrogen-bond donors (Lipinski definition) is 3. The van der Waals surface area contributed by atoms with Gasteiger partial charge in [0, 0.05) is 12.1 Å². The van der Waals surface area contributed by atoms with E-state index >= 15 is 0 Å². The molecule has 3 aromatic rings. The molecule has 0 spiro atoms. The quantitative estimate of drug-likeness (QED) is 0.284. The Morgan fingerprint density at radius 1 is 1.05 bits per heavy atom. The molecule has 3 N–H and O–H groups in total. The highest BCUT2D eigenvalue weighted by Gasteiger charge is 2.22. The van der Waals surface area contributed by atoms with Gasteiger partial charge in [-0.05, 0) is 63.9 Å². The van der Waals surface area contributed by atoms with Crippen LogP contribution in [-0.4, -0.2) is 48.1 Å². The molecule has 0 radical (unpaired) electrons. The van der Waals surface area contributed by atoms with E-state index in [2.05, 4.69) is 25.6 Å². The molecule has 3 rings (SSSR count). The number of carbonyl (C=O) groups is 2. The number of carbonyl (C=O) groups excluding carboxylic acids is 2. The number of aromatic amines is 1. The van der Waals surface area contributed by atoms with Crippen molar-refractivity contribution in [3.05, 3.63) is 65.9 Å². The number of ether oxygens (including phenoxy) is 3. The minimum atomic E-state index is -3.07. The van der Waals surface area contributed by atoms with Crippen molar-refractivity contribution in [1.82, 2.24) is 20.8 Å². The number of aromatic nitrogens is 2. The molecule has 0 saturated carbocycles. The highest BCUT2D eigenvalue weighted by molar-refractivity contribution is 5.97. The van der Waals surface area contributed by atoms with Crippen molar-refractivity contribution in [3.8, 4) is 22.8 Å². The third kappa shape index (κ3) is 8.19. The number of alkyl halides is 2. The second kappa shape index (κ2) is 12.9. The first kappa shape index (κ1) is 28.4. The maximum atomic E-state index is 13.1. The van der Waals surface area contributed by atoms with Gasteiger partial charge in [-0.1, -0.05) is 24.3 Å². The van der Waals surface area contributed by atoms with Crippen LogP contribution in [0.25, 0.3) is 11.3 Å². The second-order valence-electron chi connectivity index (χ2n) is 9.38. The molecule has 0 saturated heterocycles. The van der Waals surface area contributed by atoms with E-state index < -0.39 is 30.3 Å². The Hall–Kier alpha value is -4.15. The molecule has 1 atom stereocenters. The van der Waals surface area contributed by atoms with E-state index in [1.165, 1.54) is 18.2 Å². The zero-order valence-corrected chi connectivity index (χ0v) is 21.7. The van der Waals surface area contributed by atoms with Gasteiger partial charge in [-0.2, -0.15) is 13.9 Å². The smallest absolute Gasteiger partial charge is 0.407 e. The lowest BCUT2D eigenvalue weighted by atomic mass is 10.0. The molecule has 204 valence electrons. The molecule has 9 nitrogen and oxygen atoms in total. The van der Waals surface area contributed by atoms with Crippen molar-refractivity contribution in [2.75, 3.05) is 13.7 Å². The molecule has 38 heavy (non-hydrogen) atoms. The van der Waals surface area contributed by atoms with Crippen LogP contribution in [0.5, 0.6) is 11.5 Å². The van der Waals surface area contributed by atoms with Crippen LogP contribution in [0.4, 0.5) is 13.6 Å². The van der Waals surface area contributed by atoms with Crippen molar-refractivity contribution in [2.45, 2.75) is 51.9 Å². The molecular weight excluding hydrogens is 498 g/mol. The Bertz CT molecular complexity index is 1230. The fourth-order valence-corrected chi connectivity index (χ4v) is 3.71. The third-order valence-corrected chi connectivity index (χ3v) is 5.35. The van der Waals surface area contributed by atoms with Gasteiger partial charge in [0.1, 0.15) is 17.1 Å². The summed E-state index contributed by atoms with van der Waals surface area (Å²) in [5, 5.41) is 12.9. The largest absolute Gasteiger partial charge is 0.496 e. The Kier molecular flexibility index (Phi) is 9.64. The Labute approximate surface area is 219 Å². The highest BCUT2D eigenvalue weighted by atomic mass is 19.3. The van der Waals surface area contributed by atoms with Crippen LogP contribution in [0.2, 0.25) is 0 Å². The van der Waals surface area contributed by atoms with Crippen LogP contribution in [0.3, 0.4) is 0 Å². The number of methoxy groups -OCH3 is 1. The van der Waals surface area contributed by atoms with E-state index in [4.69, 9.17) is 9.47 Å². The Morgan fingerprint density at radius 3 is 2.42 bits per heavy atom. The molecule has 2 amide bonds. The van der Waals surface area contributed by atoms with E-state index in [-0.39, 0.29) is 11.3 Å². The van der Waals surface area contributed by atoms with E-state index in [1.54, 1.807) is 40.0 Å². The first-order valence-corrected chi connectivity index (χ1v) is 12.1. The number of alkyl carbamates (subject to hydrolysis) is 1. The summed E-state index contributed by atoms with van der Waals surface area (Å²) in [4.78, 5) is 25.1. The molecular formula is C27H32F2N4O5. The first-order chi connectivity index (χ1) is 18.1. The number of amides is 2. The number of hydrogen-bond acceptors (Lipinski definition) is 6. The van der Waals surface area contributed by atoms with Crippen LogP contribution in [0, 0.1) is 0 Å². The van der Waals surface area contributed by atoms with Crippen LogP contribution < -0.4 is 20.1 Å². The van der Waals surface area contributed by atoms with Gasteiger partial charge in [0.15, 0.2) is 0 Å². The standard InChI is InChI=1S/C27H32F2N4O5/c1-27(2,3)38-26(35)30-15-9-12-19(31-24(34)18-11-6-8-14-23(18)37-25(28)29)21-16-20(32-33-21)17-10-5-7-13-22(17)36-4/h5-8,10-11,13-14,16,19,25H,9,12,15H2,1-4H3,(H,30,35)(H,31,34)(H,32,33)/t19-/m1/s1. The third-order valence-electron chi connectivity index (χ3n) is 5.35. The topological polar surface area (TPSA) is 115 Å². The molecule has 0 aliphatic heterocycles. The van der Waals surface area contributed by atoms with Crippen molar-refractivity contribution in [2.24, 2.45) is 0 Å². The van der Waals surface area contributed by atoms with E-state index in [0.717, 1.165) is 5.56 Å². The molecule has 0 aliphatic rings. The fraction of sp³-hybridized carbons (Fsp3) is 0.370. The van der Waals surface area contributed by atoms with Gasteiger partial charge in [-0.3, -0.25) is 9.89 Å². The summed E-state index contributed by atoms with van der Waals surface area (Å²) in [6.45, 7) is 2.52. The average Bonchev–Trinajstić information content (AvgIpc) is 3.34. The predicted molar refractivity (Wildman–Crippen MR) is 137 cm³/mol. The van der Waals surface area contributed by atoms with Crippen molar-refractivity contribution < 1.29 is 32.6 Å². The molecule has 1 heterocycles. The van der Waals surface area contributed by atoms with E-state index in [9.17, 15) is 18.4 Å². The summed E-state index contributed by atoms with van der Waals surface area (Å²) in [6, 6.07) is 14.3. The molecule has 11 heteroatoms. The lowest BCUT2D eigenvalue weighted by Crippen LogP contribution is -2.34. The number of benzene rings is 2. The molecule has 1 aromatic heterocycles. The van der Waals surface area contributed by atoms with Gasteiger partial charge in [0.25, 0.3) is 5.91 Å². The monoisotopic (exact) mass is 530 g/mol. The molecule has 0 fully saturated rings. The van der Waals surface area contributed by atoms with Gasteiger partial charge in [-0.15, -0.1) is 0 Å². The molecule has 0 aliphatic carbocycles. The summed E-state index contributed by atoms with van der Waals surface area (Å²) in [6.07, 6.45) is 0.325. The van der Waals surface area contributed by atoms with Crippen molar-refractivity contribution in [1.29, 1.82) is 0 Å². The minimum Gasteiger partial charge on any atom is -0.496 e. The summed E-state index contributed by atoms with van der Waals surface area (Å²) >= 11 is 0. The number of halogens is 2. The molecule has 2 aromatic carbocycles. The minimum absolute atomic E-state index is 0.0332. The number of rotatable bonds is 11. The lowest BCUT2D eigenvalue weighted by molar-refractivity contribution is -0.0501. The van der Waals surface area contributed by atoms with Gasteiger partial charge in [-0.25, -0.2) is 4.79 Å². The SMILES string of the molecule is COc1ccccc1-c1cc([C@@H](CCCNC(=O)OC(C)(C)C)NC(=O)c2ccccc2OC(F)F)[nH]n1. The number of nitrogens with one attached hydrogen (secondary N) is 3. The first-order valence-electron chi connectivity index (χ1n) is 12.1. The average molecular weight is 531 g/mol. The van der Waals surface area contributed by atoms with Gasteiger partial charge in [0.2, 0.25) is 0 Å². The zero-order chi connectivity index (χ0) is 27.7. The number of nitrogens with zero attached hydrogens (tertiary/aromatic N) is 1. The Balaban J connectivity index is 1.79. The summed E-state index contributed by atoms with van der Waals surface area (Å²) in [5.74, 6) is -0.199. The predicted octanol–water partition coefficient (Wildman–Crippen LogP) is 5.46. The normalized spacial score (nSPS) is 12.1. The number of H-pyrrole nitrogens is 1. The zero-order valence-electron chi connectivity index (χ0n) is 21.7.